The van der Waals surface area contributed by atoms with E-state index in [4.69, 9.17) is 15.0 Å². The van der Waals surface area contributed by atoms with Crippen LogP contribution in [0.25, 0.3) is 22.3 Å². The molecule has 1 aromatic carbocycles. The lowest BCUT2D eigenvalue weighted by atomic mass is 9.72. The first kappa shape index (κ1) is 47.4. The fourth-order valence-electron chi connectivity index (χ4n) is 13.7. The molecule has 1 spiro atoms. The fraction of sp³-hybridized carbons (Fsp3) is 0.632. The second-order valence-corrected chi connectivity index (χ2v) is 24.1. The van der Waals surface area contributed by atoms with E-state index in [2.05, 4.69) is 86.8 Å². The van der Waals surface area contributed by atoms with E-state index in [0.29, 0.717) is 70.0 Å². The van der Waals surface area contributed by atoms with Crippen LogP contribution in [0.4, 0.5) is 17.3 Å². The predicted octanol–water partition coefficient (Wildman–Crippen LogP) is 7.80. The highest BCUT2D eigenvalue weighted by Gasteiger charge is 2.52. The second-order valence-electron chi connectivity index (χ2n) is 24.1. The van der Waals surface area contributed by atoms with Crippen molar-refractivity contribution >= 4 is 52.0 Å². The minimum atomic E-state index is -0.493. The number of rotatable bonds is 10. The number of pyridine rings is 2. The van der Waals surface area contributed by atoms with Crippen LogP contribution in [0.5, 0.6) is 0 Å². The Bertz CT molecular complexity index is 2730. The number of likely N-dealkylation sites (tertiary alicyclic amines) is 3. The van der Waals surface area contributed by atoms with Gasteiger partial charge in [-0.2, -0.15) is 0 Å². The number of carbonyl (C=O) groups excluding carboxylic acids is 4. The third kappa shape index (κ3) is 8.62. The summed E-state index contributed by atoms with van der Waals surface area (Å²) < 4.78 is 2.24. The van der Waals surface area contributed by atoms with Gasteiger partial charge in [-0.25, -0.2) is 15.0 Å². The number of hydrogen-bond donors (Lipinski definition) is 2. The van der Waals surface area contributed by atoms with Gasteiger partial charge < -0.3 is 34.4 Å². The average molecular weight is 978 g/mol. The number of aromatic nitrogens is 4. The Balaban J connectivity index is 0.700. The number of benzene rings is 1. The van der Waals surface area contributed by atoms with Gasteiger partial charge in [-0.1, -0.05) is 38.5 Å². The van der Waals surface area contributed by atoms with Crippen LogP contribution in [-0.4, -0.2) is 135 Å². The summed E-state index contributed by atoms with van der Waals surface area (Å²) in [5.74, 6) is 1.40. The molecule has 9 heterocycles. The van der Waals surface area contributed by atoms with E-state index in [9.17, 15) is 19.2 Å². The highest BCUT2D eigenvalue weighted by molar-refractivity contribution is 6.01. The number of hydrogen-bond acceptors (Lipinski definition) is 11. The van der Waals surface area contributed by atoms with Gasteiger partial charge >= 0.3 is 0 Å². The first-order valence-electron chi connectivity index (χ1n) is 27.7. The van der Waals surface area contributed by atoms with Crippen molar-refractivity contribution in [3.63, 3.8) is 0 Å². The van der Waals surface area contributed by atoms with Crippen LogP contribution in [-0.2, 0) is 24.6 Å². The molecule has 1 atom stereocenters. The van der Waals surface area contributed by atoms with Crippen molar-refractivity contribution in [2.75, 3.05) is 74.0 Å². The maximum atomic E-state index is 14.7. The minimum absolute atomic E-state index is 0.00994. The molecule has 15 heteroatoms. The van der Waals surface area contributed by atoms with Crippen molar-refractivity contribution in [1.29, 1.82) is 0 Å². The number of fused-ring (bicyclic) bond motifs is 3. The van der Waals surface area contributed by atoms with Crippen molar-refractivity contribution in [1.82, 2.24) is 39.5 Å². The van der Waals surface area contributed by atoms with E-state index in [1.54, 1.807) is 6.20 Å². The van der Waals surface area contributed by atoms with Gasteiger partial charge in [0.05, 0.1) is 23.5 Å². The standard InChI is InChI=1S/C57H75N11O4/c1-37(2)68-36-59-46-33-45(61-51(50(46)68)60-40-10-11-40)38-8-13-44-47(30-38)67(42-31-41(32-42)63-22-6-5-7-23-63)35-57(44)20-28-66(29-21-57)54(72)56(4)18-26-65(27-19-56)53(71)55(3)16-24-64(25-17-55)48-14-9-39(34-58-48)43-12-15-49(69)62-52(43)70/h8-9,13-14,30,33-34,36-37,40-43H,5-7,10-12,15-29,31-32,35H2,1-4H3,(H,60,61)(H,62,69,70)/t41-,42+,43?. The molecule has 0 radical (unpaired) electrons. The van der Waals surface area contributed by atoms with Crippen molar-refractivity contribution in [2.45, 2.75) is 160 Å². The topological polar surface area (TPSA) is 152 Å². The summed E-state index contributed by atoms with van der Waals surface area (Å²) >= 11 is 0. The third-order valence-electron chi connectivity index (χ3n) is 18.9. The van der Waals surface area contributed by atoms with E-state index < -0.39 is 10.8 Å². The molecule has 12 rings (SSSR count). The molecule has 5 saturated heterocycles. The molecular weight excluding hydrogens is 903 g/mol. The number of imidazole rings is 1. The molecule has 72 heavy (non-hydrogen) atoms. The molecule has 7 fully saturated rings. The van der Waals surface area contributed by atoms with Gasteiger partial charge in [0, 0.05) is 110 Å². The number of amides is 4. The molecule has 2 aliphatic carbocycles. The average Bonchev–Trinajstić information content (AvgIpc) is 4.01. The number of nitrogens with zero attached hydrogens (tertiary/aromatic N) is 9. The van der Waals surface area contributed by atoms with Crippen molar-refractivity contribution in [3.8, 4) is 11.3 Å². The summed E-state index contributed by atoms with van der Waals surface area (Å²) in [5.41, 5.74) is 6.83. The molecule has 2 saturated carbocycles. The van der Waals surface area contributed by atoms with Gasteiger partial charge in [0.15, 0.2) is 5.82 Å². The van der Waals surface area contributed by atoms with Crippen LogP contribution in [0.3, 0.4) is 0 Å². The molecule has 4 aromatic rings. The summed E-state index contributed by atoms with van der Waals surface area (Å²) in [6.07, 6.45) is 18.1. The third-order valence-corrected chi connectivity index (χ3v) is 18.9. The van der Waals surface area contributed by atoms with Crippen molar-refractivity contribution in [2.24, 2.45) is 10.8 Å². The SMILES string of the molecule is CC(C)n1cnc2cc(-c3ccc4c(c3)N([C@H]3C[C@@H](N5CCCCC5)C3)CC43CCN(C(=O)C4(C)CCN(C(=O)C5(C)CCN(c6ccc(C7CCC(=O)NC7=O)cn6)CC5)CC4)CC3)nc(NC3CC3)c21. The fourth-order valence-corrected chi connectivity index (χ4v) is 13.7. The van der Waals surface area contributed by atoms with Crippen LogP contribution >= 0.6 is 0 Å². The predicted molar refractivity (Wildman–Crippen MR) is 280 cm³/mol. The van der Waals surface area contributed by atoms with E-state index in [-0.39, 0.29) is 41.0 Å². The number of piperidine rings is 5. The molecule has 15 nitrogen and oxygen atoms in total. The van der Waals surface area contributed by atoms with Crippen LogP contribution in [0.1, 0.15) is 147 Å². The molecular formula is C57H75N11O4. The maximum Gasteiger partial charge on any atom is 0.234 e. The quantitative estimate of drug-likeness (QED) is 0.150. The van der Waals surface area contributed by atoms with Gasteiger partial charge in [-0.05, 0) is 140 Å². The van der Waals surface area contributed by atoms with Gasteiger partial charge in [-0.15, -0.1) is 0 Å². The molecule has 0 bridgehead atoms. The largest absolute Gasteiger partial charge is 0.367 e. The lowest BCUT2D eigenvalue weighted by Gasteiger charge is -2.49. The highest BCUT2D eigenvalue weighted by Crippen LogP contribution is 2.52. The number of imide groups is 1. The smallest absolute Gasteiger partial charge is 0.234 e. The molecule has 4 amide bonds. The summed E-state index contributed by atoms with van der Waals surface area (Å²) in [5, 5.41) is 6.20. The number of nitrogens with one attached hydrogen (secondary N) is 2. The molecule has 2 N–H and O–H groups in total. The Morgan fingerprint density at radius 2 is 1.44 bits per heavy atom. The Morgan fingerprint density at radius 3 is 2.08 bits per heavy atom. The Morgan fingerprint density at radius 1 is 0.764 bits per heavy atom. The van der Waals surface area contributed by atoms with Gasteiger partial charge in [0.25, 0.3) is 0 Å². The first-order valence-corrected chi connectivity index (χ1v) is 27.7. The first-order chi connectivity index (χ1) is 34.8. The van der Waals surface area contributed by atoms with Crippen molar-refractivity contribution < 1.29 is 19.2 Å². The zero-order valence-electron chi connectivity index (χ0n) is 43.1. The monoisotopic (exact) mass is 978 g/mol. The molecule has 6 aliphatic heterocycles. The number of anilines is 3. The second kappa shape index (κ2) is 18.4. The molecule has 3 aromatic heterocycles. The summed E-state index contributed by atoms with van der Waals surface area (Å²) in [6, 6.07) is 15.2. The summed E-state index contributed by atoms with van der Waals surface area (Å²) in [7, 11) is 0. The normalized spacial score (nSPS) is 26.2. The highest BCUT2D eigenvalue weighted by atomic mass is 16.2. The minimum Gasteiger partial charge on any atom is -0.367 e. The van der Waals surface area contributed by atoms with E-state index in [1.807, 2.05) is 23.4 Å². The van der Waals surface area contributed by atoms with Gasteiger partial charge in [0.2, 0.25) is 23.6 Å². The molecule has 8 aliphatic rings. The summed E-state index contributed by atoms with van der Waals surface area (Å²) in [4.78, 5) is 79.9. The van der Waals surface area contributed by atoms with Crippen molar-refractivity contribution in [3.05, 3.63) is 60.0 Å². The maximum absolute atomic E-state index is 14.7. The van der Waals surface area contributed by atoms with Crippen LogP contribution < -0.4 is 20.4 Å². The van der Waals surface area contributed by atoms with Crippen LogP contribution in [0.2, 0.25) is 0 Å². The van der Waals surface area contributed by atoms with Gasteiger partial charge in [-0.3, -0.25) is 24.5 Å². The Hall–Kier alpha value is -5.57. The molecule has 382 valence electrons. The van der Waals surface area contributed by atoms with Crippen LogP contribution in [0, 0.1) is 10.8 Å². The van der Waals surface area contributed by atoms with Crippen LogP contribution in [0.15, 0.2) is 48.9 Å². The molecule has 1 unspecified atom stereocenters. The lowest BCUT2D eigenvalue weighted by molar-refractivity contribution is -0.152. The lowest BCUT2D eigenvalue weighted by Crippen LogP contribution is -2.57. The zero-order chi connectivity index (χ0) is 49.5. The van der Waals surface area contributed by atoms with E-state index in [1.165, 1.54) is 69.3 Å². The van der Waals surface area contributed by atoms with E-state index in [0.717, 1.165) is 84.8 Å². The van der Waals surface area contributed by atoms with Gasteiger partial charge in [0.1, 0.15) is 11.3 Å². The van der Waals surface area contributed by atoms with E-state index >= 15 is 0 Å². The Kier molecular flexibility index (Phi) is 12.1. The number of carbonyl (C=O) groups is 4. The Labute approximate surface area is 424 Å². The zero-order valence-corrected chi connectivity index (χ0v) is 43.1. The summed E-state index contributed by atoms with van der Waals surface area (Å²) in [6.45, 7) is 16.3.